The lowest BCUT2D eigenvalue weighted by Crippen LogP contribution is -2.32. The SMILES string of the molecule is Cc1cccc(C(N)=O)c1N1CCCCO1. The van der Waals surface area contributed by atoms with Gasteiger partial charge >= 0.3 is 0 Å². The topological polar surface area (TPSA) is 55.6 Å². The number of hydroxylamine groups is 1. The highest BCUT2D eigenvalue weighted by atomic mass is 16.7. The lowest BCUT2D eigenvalue weighted by molar-refractivity contribution is 0.0765. The fourth-order valence-corrected chi connectivity index (χ4v) is 1.96. The number of nitrogens with zero attached hydrogens (tertiary/aromatic N) is 1. The van der Waals surface area contributed by atoms with Crippen molar-refractivity contribution in [2.75, 3.05) is 18.2 Å². The van der Waals surface area contributed by atoms with E-state index in [4.69, 9.17) is 10.6 Å². The largest absolute Gasteiger partial charge is 0.366 e. The molecule has 16 heavy (non-hydrogen) atoms. The van der Waals surface area contributed by atoms with Crippen molar-refractivity contribution in [3.05, 3.63) is 29.3 Å². The third-order valence-corrected chi connectivity index (χ3v) is 2.76. The molecule has 0 spiro atoms. The molecular formula is C12H16N2O2. The van der Waals surface area contributed by atoms with Gasteiger partial charge in [0.05, 0.1) is 17.9 Å². The van der Waals surface area contributed by atoms with Gasteiger partial charge in [0.1, 0.15) is 0 Å². The number of hydrogen-bond donors (Lipinski definition) is 1. The fraction of sp³-hybridized carbons (Fsp3) is 0.417. The highest BCUT2D eigenvalue weighted by molar-refractivity contribution is 5.99. The molecule has 0 aromatic heterocycles. The molecule has 1 aliphatic heterocycles. The molecule has 2 N–H and O–H groups in total. The van der Waals surface area contributed by atoms with Gasteiger partial charge in [0.15, 0.2) is 0 Å². The van der Waals surface area contributed by atoms with E-state index in [2.05, 4.69) is 0 Å². The number of aryl methyl sites for hydroxylation is 1. The first-order valence-corrected chi connectivity index (χ1v) is 5.50. The molecule has 1 fully saturated rings. The molecule has 1 aromatic rings. The van der Waals surface area contributed by atoms with E-state index in [1.807, 2.05) is 19.1 Å². The van der Waals surface area contributed by atoms with Crippen LogP contribution in [0.25, 0.3) is 0 Å². The number of carbonyl (C=O) groups excluding carboxylic acids is 1. The maximum absolute atomic E-state index is 11.4. The molecule has 0 bridgehead atoms. The van der Waals surface area contributed by atoms with Crippen LogP contribution in [0, 0.1) is 6.92 Å². The second-order valence-corrected chi connectivity index (χ2v) is 3.98. The smallest absolute Gasteiger partial charge is 0.250 e. The van der Waals surface area contributed by atoms with Gasteiger partial charge < -0.3 is 5.73 Å². The Kier molecular flexibility index (Phi) is 3.10. The molecule has 1 heterocycles. The number of rotatable bonds is 2. The highest BCUT2D eigenvalue weighted by Gasteiger charge is 2.19. The monoisotopic (exact) mass is 220 g/mol. The molecule has 4 nitrogen and oxygen atoms in total. The number of nitrogens with two attached hydrogens (primary N) is 1. The Hall–Kier alpha value is -1.55. The fourth-order valence-electron chi connectivity index (χ4n) is 1.96. The molecule has 2 rings (SSSR count). The van der Waals surface area contributed by atoms with Gasteiger partial charge in [-0.2, -0.15) is 0 Å². The summed E-state index contributed by atoms with van der Waals surface area (Å²) in [5.41, 5.74) is 7.73. The van der Waals surface area contributed by atoms with Crippen LogP contribution < -0.4 is 10.8 Å². The Morgan fingerprint density at radius 2 is 2.25 bits per heavy atom. The Morgan fingerprint density at radius 1 is 1.44 bits per heavy atom. The standard InChI is InChI=1S/C12H16N2O2/c1-9-5-4-6-10(12(13)15)11(9)14-7-2-3-8-16-14/h4-6H,2-3,7-8H2,1H3,(H2,13,15). The quantitative estimate of drug-likeness (QED) is 0.824. The van der Waals surface area contributed by atoms with Crippen molar-refractivity contribution in [2.24, 2.45) is 5.73 Å². The summed E-state index contributed by atoms with van der Waals surface area (Å²) < 4.78 is 0. The molecule has 1 amide bonds. The van der Waals surface area contributed by atoms with Crippen LogP contribution in [-0.2, 0) is 4.84 Å². The van der Waals surface area contributed by atoms with E-state index in [0.29, 0.717) is 12.2 Å². The van der Waals surface area contributed by atoms with Crippen LogP contribution in [0.4, 0.5) is 5.69 Å². The number of para-hydroxylation sites is 1. The first-order chi connectivity index (χ1) is 7.70. The Balaban J connectivity index is 2.40. The zero-order valence-electron chi connectivity index (χ0n) is 9.40. The predicted molar refractivity (Wildman–Crippen MR) is 62.2 cm³/mol. The molecular weight excluding hydrogens is 204 g/mol. The molecule has 0 saturated carbocycles. The van der Waals surface area contributed by atoms with Crippen molar-refractivity contribution < 1.29 is 9.63 Å². The highest BCUT2D eigenvalue weighted by Crippen LogP contribution is 2.27. The van der Waals surface area contributed by atoms with E-state index >= 15 is 0 Å². The van der Waals surface area contributed by atoms with E-state index in [9.17, 15) is 4.79 Å². The van der Waals surface area contributed by atoms with Gasteiger partial charge in [-0.15, -0.1) is 0 Å². The zero-order chi connectivity index (χ0) is 11.5. The van der Waals surface area contributed by atoms with Crippen LogP contribution in [0.2, 0.25) is 0 Å². The number of anilines is 1. The molecule has 0 atom stereocenters. The summed E-state index contributed by atoms with van der Waals surface area (Å²) in [6.45, 7) is 3.47. The molecule has 4 heteroatoms. The van der Waals surface area contributed by atoms with E-state index in [-0.39, 0.29) is 0 Å². The van der Waals surface area contributed by atoms with Crippen molar-refractivity contribution in [2.45, 2.75) is 19.8 Å². The normalized spacial score (nSPS) is 16.2. The minimum atomic E-state index is -0.409. The number of hydrogen-bond acceptors (Lipinski definition) is 3. The van der Waals surface area contributed by atoms with Crippen molar-refractivity contribution in [1.29, 1.82) is 0 Å². The summed E-state index contributed by atoms with van der Waals surface area (Å²) in [4.78, 5) is 16.9. The summed E-state index contributed by atoms with van der Waals surface area (Å²) in [6.07, 6.45) is 2.14. The molecule has 1 aliphatic rings. The van der Waals surface area contributed by atoms with Gasteiger partial charge in [-0.05, 0) is 31.4 Å². The van der Waals surface area contributed by atoms with Gasteiger partial charge in [0.2, 0.25) is 0 Å². The molecule has 0 unspecified atom stereocenters. The predicted octanol–water partition coefficient (Wildman–Crippen LogP) is 1.63. The molecule has 0 radical (unpaired) electrons. The Bertz CT molecular complexity index is 398. The van der Waals surface area contributed by atoms with Crippen LogP contribution in [0.15, 0.2) is 18.2 Å². The Labute approximate surface area is 94.9 Å². The summed E-state index contributed by atoms with van der Waals surface area (Å²) in [7, 11) is 0. The summed E-state index contributed by atoms with van der Waals surface area (Å²) in [5, 5.41) is 1.79. The van der Waals surface area contributed by atoms with Crippen LogP contribution in [0.1, 0.15) is 28.8 Å². The van der Waals surface area contributed by atoms with Gasteiger partial charge in [-0.25, -0.2) is 0 Å². The summed E-state index contributed by atoms with van der Waals surface area (Å²) >= 11 is 0. The van der Waals surface area contributed by atoms with E-state index in [1.54, 1.807) is 11.1 Å². The molecule has 86 valence electrons. The van der Waals surface area contributed by atoms with Crippen molar-refractivity contribution in [3.8, 4) is 0 Å². The number of amides is 1. The van der Waals surface area contributed by atoms with Gasteiger partial charge in [-0.1, -0.05) is 12.1 Å². The van der Waals surface area contributed by atoms with Crippen LogP contribution in [-0.4, -0.2) is 19.1 Å². The van der Waals surface area contributed by atoms with Crippen LogP contribution >= 0.6 is 0 Å². The summed E-state index contributed by atoms with van der Waals surface area (Å²) in [6, 6.07) is 5.53. The zero-order valence-corrected chi connectivity index (χ0v) is 9.40. The number of primary amides is 1. The lowest BCUT2D eigenvalue weighted by atomic mass is 10.1. The van der Waals surface area contributed by atoms with Gasteiger partial charge in [-0.3, -0.25) is 14.7 Å². The van der Waals surface area contributed by atoms with Gasteiger partial charge in [0.25, 0.3) is 5.91 Å². The van der Waals surface area contributed by atoms with E-state index < -0.39 is 5.91 Å². The maximum atomic E-state index is 11.4. The molecule has 0 aliphatic carbocycles. The minimum Gasteiger partial charge on any atom is -0.366 e. The first-order valence-electron chi connectivity index (χ1n) is 5.50. The maximum Gasteiger partial charge on any atom is 0.250 e. The average Bonchev–Trinajstić information content (AvgIpc) is 2.29. The van der Waals surface area contributed by atoms with Crippen molar-refractivity contribution in [1.82, 2.24) is 0 Å². The van der Waals surface area contributed by atoms with Gasteiger partial charge in [0, 0.05) is 6.54 Å². The minimum absolute atomic E-state index is 0.409. The third-order valence-electron chi connectivity index (χ3n) is 2.76. The molecule has 1 aromatic carbocycles. The second kappa shape index (κ2) is 4.53. The van der Waals surface area contributed by atoms with Crippen molar-refractivity contribution in [3.63, 3.8) is 0 Å². The van der Waals surface area contributed by atoms with Crippen LogP contribution in [0.5, 0.6) is 0 Å². The first kappa shape index (κ1) is 11.0. The van der Waals surface area contributed by atoms with E-state index in [0.717, 1.165) is 30.6 Å². The number of benzene rings is 1. The number of carbonyl (C=O) groups is 1. The lowest BCUT2D eigenvalue weighted by Gasteiger charge is -2.30. The average molecular weight is 220 g/mol. The van der Waals surface area contributed by atoms with E-state index in [1.165, 1.54) is 0 Å². The van der Waals surface area contributed by atoms with Crippen molar-refractivity contribution >= 4 is 11.6 Å². The second-order valence-electron chi connectivity index (χ2n) is 3.98. The van der Waals surface area contributed by atoms with Crippen LogP contribution in [0.3, 0.4) is 0 Å². The third kappa shape index (κ3) is 2.02. The molecule has 1 saturated heterocycles. The summed E-state index contributed by atoms with van der Waals surface area (Å²) in [5.74, 6) is -0.409. The Morgan fingerprint density at radius 3 is 2.88 bits per heavy atom.